The van der Waals surface area contributed by atoms with E-state index in [9.17, 15) is 14.7 Å². The minimum Gasteiger partial charge on any atom is -0.507 e. The molecule has 2 amide bonds. The van der Waals surface area contributed by atoms with Gasteiger partial charge in [-0.05, 0) is 42.3 Å². The molecule has 0 unspecified atom stereocenters. The van der Waals surface area contributed by atoms with E-state index in [0.29, 0.717) is 24.2 Å². The molecule has 0 bridgehead atoms. The van der Waals surface area contributed by atoms with Crippen molar-refractivity contribution in [2.75, 3.05) is 33.2 Å². The van der Waals surface area contributed by atoms with E-state index >= 15 is 0 Å². The lowest BCUT2D eigenvalue weighted by Crippen LogP contribution is -2.47. The molecule has 0 aliphatic carbocycles. The maximum atomic E-state index is 13.3. The Bertz CT molecular complexity index is 1240. The molecule has 3 aromatic rings. The number of nitrogens with one attached hydrogen (secondary N) is 1. The van der Waals surface area contributed by atoms with Gasteiger partial charge in [0, 0.05) is 56.3 Å². The van der Waals surface area contributed by atoms with E-state index in [1.807, 2.05) is 36.9 Å². The number of piperazine rings is 1. The zero-order valence-electron chi connectivity index (χ0n) is 19.3. The summed E-state index contributed by atoms with van der Waals surface area (Å²) >= 11 is 0. The van der Waals surface area contributed by atoms with Crippen LogP contribution in [0, 0.1) is 0 Å². The summed E-state index contributed by atoms with van der Waals surface area (Å²) in [5, 5.41) is 18.7. The number of rotatable bonds is 3. The highest BCUT2D eigenvalue weighted by atomic mass is 16.3. The second kappa shape index (κ2) is 8.19. The summed E-state index contributed by atoms with van der Waals surface area (Å²) in [4.78, 5) is 32.1. The number of carbonyl (C=O) groups is 2. The Kier molecular flexibility index (Phi) is 5.32. The van der Waals surface area contributed by atoms with Crippen LogP contribution in [0.3, 0.4) is 0 Å². The van der Waals surface area contributed by atoms with Crippen molar-refractivity contribution in [1.82, 2.24) is 24.9 Å². The zero-order chi connectivity index (χ0) is 23.3. The molecule has 8 heteroatoms. The summed E-state index contributed by atoms with van der Waals surface area (Å²) in [6, 6.07) is 9.02. The normalized spacial score (nSPS) is 16.6. The Balaban J connectivity index is 1.37. The molecule has 33 heavy (non-hydrogen) atoms. The third-order valence-corrected chi connectivity index (χ3v) is 6.74. The molecule has 0 saturated carbocycles. The third-order valence-electron chi connectivity index (χ3n) is 6.74. The van der Waals surface area contributed by atoms with Gasteiger partial charge >= 0.3 is 0 Å². The smallest absolute Gasteiger partial charge is 0.258 e. The molecule has 1 aromatic heterocycles. The Morgan fingerprint density at radius 1 is 0.970 bits per heavy atom. The lowest BCUT2D eigenvalue weighted by Gasteiger charge is -2.32. The topological polar surface area (TPSA) is 92.8 Å². The van der Waals surface area contributed by atoms with Crippen LogP contribution in [0.25, 0.3) is 10.9 Å². The highest BCUT2D eigenvalue weighted by molar-refractivity contribution is 6.01. The van der Waals surface area contributed by atoms with E-state index < -0.39 is 0 Å². The van der Waals surface area contributed by atoms with Crippen LogP contribution in [-0.4, -0.2) is 75.0 Å². The van der Waals surface area contributed by atoms with Gasteiger partial charge in [-0.25, -0.2) is 0 Å². The Morgan fingerprint density at radius 3 is 2.42 bits per heavy atom. The van der Waals surface area contributed by atoms with Gasteiger partial charge < -0.3 is 19.8 Å². The third kappa shape index (κ3) is 3.84. The van der Waals surface area contributed by atoms with Crippen molar-refractivity contribution in [3.05, 3.63) is 58.3 Å². The molecule has 172 valence electrons. The van der Waals surface area contributed by atoms with E-state index in [1.54, 1.807) is 17.0 Å². The number of H-pyrrole nitrogens is 1. The van der Waals surface area contributed by atoms with Crippen LogP contribution in [0.4, 0.5) is 0 Å². The monoisotopic (exact) mass is 447 g/mol. The lowest BCUT2D eigenvalue weighted by atomic mass is 10.0. The van der Waals surface area contributed by atoms with E-state index in [0.717, 1.165) is 48.4 Å². The number of benzene rings is 2. The Labute approximate surface area is 192 Å². The van der Waals surface area contributed by atoms with Crippen molar-refractivity contribution in [2.45, 2.75) is 32.9 Å². The summed E-state index contributed by atoms with van der Waals surface area (Å²) < 4.78 is 0. The maximum absolute atomic E-state index is 13.3. The second-order valence-electron chi connectivity index (χ2n) is 9.42. The quantitative estimate of drug-likeness (QED) is 0.644. The van der Waals surface area contributed by atoms with Gasteiger partial charge in [-0.1, -0.05) is 19.9 Å². The summed E-state index contributed by atoms with van der Waals surface area (Å²) in [5.74, 6) is -0.0553. The SMILES string of the molecule is CC(C)c1n[nH]c2cc(O)c(C(=O)N3Cc4ccc(C(=O)N5CCN(C)CC5)cc4C3)cc12. The largest absolute Gasteiger partial charge is 0.507 e. The number of aromatic hydroxyl groups is 1. The predicted molar refractivity (Wildman–Crippen MR) is 125 cm³/mol. The van der Waals surface area contributed by atoms with Gasteiger partial charge in [0.15, 0.2) is 0 Å². The second-order valence-corrected chi connectivity index (χ2v) is 9.42. The minimum absolute atomic E-state index is 0.0416. The molecule has 8 nitrogen and oxygen atoms in total. The molecule has 2 aliphatic heterocycles. The molecule has 2 N–H and O–H groups in total. The first-order valence-electron chi connectivity index (χ1n) is 11.4. The van der Waals surface area contributed by atoms with Crippen LogP contribution in [-0.2, 0) is 13.1 Å². The molecule has 1 saturated heterocycles. The predicted octanol–water partition coefficient (Wildman–Crippen LogP) is 2.94. The first-order chi connectivity index (χ1) is 15.8. The molecule has 0 atom stereocenters. The van der Waals surface area contributed by atoms with E-state index in [2.05, 4.69) is 22.1 Å². The van der Waals surface area contributed by atoms with Gasteiger partial charge in [-0.15, -0.1) is 0 Å². The standard InChI is InChI=1S/C25H29N5O3/c1-15(2)23-19-11-20(22(31)12-21(19)26-27-23)25(33)30-13-17-5-4-16(10-18(17)14-30)24(32)29-8-6-28(3)7-9-29/h4-5,10-12,15,31H,6-9,13-14H2,1-3H3,(H,26,27). The highest BCUT2D eigenvalue weighted by Crippen LogP contribution is 2.32. The summed E-state index contributed by atoms with van der Waals surface area (Å²) in [7, 11) is 2.06. The van der Waals surface area contributed by atoms with Crippen molar-refractivity contribution in [2.24, 2.45) is 0 Å². The van der Waals surface area contributed by atoms with E-state index in [-0.39, 0.29) is 29.0 Å². The van der Waals surface area contributed by atoms with Crippen molar-refractivity contribution in [3.63, 3.8) is 0 Å². The van der Waals surface area contributed by atoms with Gasteiger partial charge in [-0.2, -0.15) is 5.10 Å². The number of likely N-dealkylation sites (N-methyl/N-ethyl adjacent to an activating group) is 1. The first-order valence-corrected chi connectivity index (χ1v) is 11.4. The number of phenols is 1. The lowest BCUT2D eigenvalue weighted by molar-refractivity contribution is 0.0663. The average Bonchev–Trinajstić information content (AvgIpc) is 3.41. The van der Waals surface area contributed by atoms with Gasteiger partial charge in [0.25, 0.3) is 11.8 Å². The number of aromatic nitrogens is 2. The molecule has 0 spiro atoms. The Morgan fingerprint density at radius 2 is 1.70 bits per heavy atom. The van der Waals surface area contributed by atoms with Gasteiger partial charge in [0.1, 0.15) is 5.75 Å². The maximum Gasteiger partial charge on any atom is 0.258 e. The van der Waals surface area contributed by atoms with Crippen LogP contribution in [0.1, 0.15) is 57.3 Å². The number of hydrogen-bond acceptors (Lipinski definition) is 5. The van der Waals surface area contributed by atoms with Crippen LogP contribution >= 0.6 is 0 Å². The molecule has 5 rings (SSSR count). The van der Waals surface area contributed by atoms with Crippen LogP contribution in [0.5, 0.6) is 5.75 Å². The molecule has 0 radical (unpaired) electrons. The average molecular weight is 448 g/mol. The van der Waals surface area contributed by atoms with Crippen LogP contribution < -0.4 is 0 Å². The van der Waals surface area contributed by atoms with Gasteiger partial charge in [-0.3, -0.25) is 14.7 Å². The fraction of sp³-hybridized carbons (Fsp3) is 0.400. The molecule has 2 aromatic carbocycles. The van der Waals surface area contributed by atoms with Crippen LogP contribution in [0.15, 0.2) is 30.3 Å². The number of nitrogens with zero attached hydrogens (tertiary/aromatic N) is 4. The molecular weight excluding hydrogens is 418 g/mol. The van der Waals surface area contributed by atoms with Crippen LogP contribution in [0.2, 0.25) is 0 Å². The molecule has 3 heterocycles. The first kappa shape index (κ1) is 21.5. The summed E-state index contributed by atoms with van der Waals surface area (Å²) in [6.45, 7) is 8.17. The minimum atomic E-state index is -0.228. The number of hydrogen-bond donors (Lipinski definition) is 2. The van der Waals surface area contributed by atoms with Crippen molar-refractivity contribution in [1.29, 1.82) is 0 Å². The molecule has 1 fully saturated rings. The van der Waals surface area contributed by atoms with Crippen molar-refractivity contribution >= 4 is 22.7 Å². The number of aromatic amines is 1. The van der Waals surface area contributed by atoms with Crippen molar-refractivity contribution in [3.8, 4) is 5.75 Å². The van der Waals surface area contributed by atoms with Gasteiger partial charge in [0.05, 0.1) is 16.8 Å². The fourth-order valence-corrected chi connectivity index (χ4v) is 4.72. The number of phenolic OH excluding ortho intramolecular Hbond substituents is 1. The zero-order valence-corrected chi connectivity index (χ0v) is 19.3. The van der Waals surface area contributed by atoms with E-state index in [1.165, 1.54) is 0 Å². The molecular formula is C25H29N5O3. The summed E-state index contributed by atoms with van der Waals surface area (Å²) in [5.41, 5.74) is 4.53. The fourth-order valence-electron chi connectivity index (χ4n) is 4.72. The number of fused-ring (bicyclic) bond motifs is 2. The van der Waals surface area contributed by atoms with Gasteiger partial charge in [0.2, 0.25) is 0 Å². The highest BCUT2D eigenvalue weighted by Gasteiger charge is 2.28. The molecule has 2 aliphatic rings. The van der Waals surface area contributed by atoms with E-state index in [4.69, 9.17) is 0 Å². The number of carbonyl (C=O) groups excluding carboxylic acids is 2. The number of amides is 2. The summed E-state index contributed by atoms with van der Waals surface area (Å²) in [6.07, 6.45) is 0. The Hall–Kier alpha value is -3.39. The van der Waals surface area contributed by atoms with Crippen molar-refractivity contribution < 1.29 is 14.7 Å².